The van der Waals surface area contributed by atoms with Crippen molar-refractivity contribution in [2.75, 3.05) is 6.54 Å². The van der Waals surface area contributed by atoms with Crippen LogP contribution in [0.25, 0.3) is 17.0 Å². The van der Waals surface area contributed by atoms with E-state index in [2.05, 4.69) is 55.6 Å². The number of amides is 1. The van der Waals surface area contributed by atoms with Gasteiger partial charge in [-0.05, 0) is 63.9 Å². The zero-order chi connectivity index (χ0) is 22.1. The lowest BCUT2D eigenvalue weighted by atomic mass is 10.1. The highest BCUT2D eigenvalue weighted by molar-refractivity contribution is 14.1. The van der Waals surface area contributed by atoms with Crippen LogP contribution in [-0.4, -0.2) is 27.5 Å². The number of nitrogens with one attached hydrogen (secondary N) is 1. The summed E-state index contributed by atoms with van der Waals surface area (Å²) in [5.41, 5.74) is 3.09. The van der Waals surface area contributed by atoms with E-state index in [0.717, 1.165) is 25.9 Å². The molecular weight excluding hydrogens is 601 g/mol. The smallest absolute Gasteiger partial charge is 0.266 e. The van der Waals surface area contributed by atoms with Gasteiger partial charge in [0.25, 0.3) is 5.91 Å². The van der Waals surface area contributed by atoms with Crippen LogP contribution in [0.15, 0.2) is 85.6 Å². The molecule has 3 heterocycles. The minimum atomic E-state index is -0.0629. The standard InChI is InChI=1S/C24H17BrIN3O2S/c25-19-12-17(31-22(19)26)13-21-23(30)29(24(32-21)28-16-6-2-1-3-7-16)11-10-15-14-27-20-9-5-4-8-18(15)20/h1-9,12-14,27H,10-11H2/b21-13-,28-24?. The number of thioether (sulfide) groups is 1. The Morgan fingerprint density at radius 1 is 1.16 bits per heavy atom. The number of benzene rings is 2. The van der Waals surface area contributed by atoms with Crippen molar-refractivity contribution in [2.24, 2.45) is 4.99 Å². The molecule has 5 nitrogen and oxygen atoms in total. The second-order valence-electron chi connectivity index (χ2n) is 7.18. The normalized spacial score (nSPS) is 16.7. The molecule has 8 heteroatoms. The first-order valence-electron chi connectivity index (χ1n) is 9.93. The quantitative estimate of drug-likeness (QED) is 0.194. The highest BCUT2D eigenvalue weighted by Crippen LogP contribution is 2.35. The lowest BCUT2D eigenvalue weighted by Gasteiger charge is -2.15. The summed E-state index contributed by atoms with van der Waals surface area (Å²) in [6.45, 7) is 0.538. The van der Waals surface area contributed by atoms with Crippen molar-refractivity contribution >= 4 is 84.0 Å². The molecular formula is C24H17BrIN3O2S. The minimum absolute atomic E-state index is 0.0629. The van der Waals surface area contributed by atoms with Gasteiger partial charge < -0.3 is 9.40 Å². The maximum Gasteiger partial charge on any atom is 0.266 e. The van der Waals surface area contributed by atoms with Gasteiger partial charge in [-0.15, -0.1) is 0 Å². The molecule has 4 aromatic rings. The Bertz CT molecular complexity index is 1340. The number of carbonyl (C=O) groups is 1. The largest absolute Gasteiger partial charge is 0.450 e. The van der Waals surface area contributed by atoms with Gasteiger partial charge in [-0.2, -0.15) is 0 Å². The third-order valence-corrected chi connectivity index (χ3v) is 8.22. The number of halogens is 2. The molecule has 1 aliphatic heterocycles. The Morgan fingerprint density at radius 3 is 2.72 bits per heavy atom. The Morgan fingerprint density at radius 2 is 1.94 bits per heavy atom. The SMILES string of the molecule is O=C1/C(=C/c2cc(Br)c(I)o2)SC(=Nc2ccccc2)N1CCc1c[nH]c2ccccc12. The molecule has 1 amide bonds. The van der Waals surface area contributed by atoms with Crippen molar-refractivity contribution in [3.8, 4) is 0 Å². The third kappa shape index (κ3) is 4.44. The molecule has 160 valence electrons. The number of fused-ring (bicyclic) bond motifs is 1. The summed E-state index contributed by atoms with van der Waals surface area (Å²) in [5.74, 6) is 0.571. The van der Waals surface area contributed by atoms with E-state index in [9.17, 15) is 4.79 Å². The number of hydrogen-bond donors (Lipinski definition) is 1. The molecule has 5 rings (SSSR count). The van der Waals surface area contributed by atoms with Gasteiger partial charge in [0.1, 0.15) is 5.76 Å². The highest BCUT2D eigenvalue weighted by Gasteiger charge is 2.33. The average Bonchev–Trinajstić information content (AvgIpc) is 3.44. The van der Waals surface area contributed by atoms with Gasteiger partial charge in [0.2, 0.25) is 0 Å². The Labute approximate surface area is 211 Å². The second kappa shape index (κ2) is 9.29. The van der Waals surface area contributed by atoms with Crippen LogP contribution in [0.3, 0.4) is 0 Å². The Kier molecular flexibility index (Phi) is 6.25. The van der Waals surface area contributed by atoms with E-state index in [1.165, 1.54) is 22.7 Å². The molecule has 1 N–H and O–H groups in total. The van der Waals surface area contributed by atoms with Gasteiger partial charge in [-0.25, -0.2) is 4.99 Å². The van der Waals surface area contributed by atoms with E-state index in [1.807, 2.05) is 54.7 Å². The lowest BCUT2D eigenvalue weighted by Crippen LogP contribution is -2.31. The van der Waals surface area contributed by atoms with Crippen LogP contribution in [0.5, 0.6) is 0 Å². The number of amidine groups is 1. The molecule has 0 radical (unpaired) electrons. The Balaban J connectivity index is 1.45. The molecule has 0 bridgehead atoms. The van der Waals surface area contributed by atoms with Crippen LogP contribution < -0.4 is 0 Å². The van der Waals surface area contributed by atoms with Crippen molar-refractivity contribution in [2.45, 2.75) is 6.42 Å². The van der Waals surface area contributed by atoms with Crippen molar-refractivity contribution in [3.05, 3.63) is 91.3 Å². The van der Waals surface area contributed by atoms with E-state index in [0.29, 0.717) is 22.4 Å². The first-order chi connectivity index (χ1) is 15.6. The van der Waals surface area contributed by atoms with Crippen molar-refractivity contribution in [1.29, 1.82) is 0 Å². The number of nitrogens with zero attached hydrogens (tertiary/aromatic N) is 2. The fraction of sp³-hybridized carbons (Fsp3) is 0.0833. The van der Waals surface area contributed by atoms with Gasteiger partial charge in [0.15, 0.2) is 8.93 Å². The molecule has 0 aliphatic carbocycles. The predicted octanol–water partition coefficient (Wildman–Crippen LogP) is 6.97. The summed E-state index contributed by atoms with van der Waals surface area (Å²) in [7, 11) is 0. The van der Waals surface area contributed by atoms with Gasteiger partial charge in [0.05, 0.1) is 15.1 Å². The number of furan rings is 1. The molecule has 0 saturated carbocycles. The van der Waals surface area contributed by atoms with Gasteiger partial charge >= 0.3 is 0 Å². The zero-order valence-electron chi connectivity index (χ0n) is 16.7. The van der Waals surface area contributed by atoms with E-state index in [1.54, 1.807) is 11.0 Å². The van der Waals surface area contributed by atoms with E-state index >= 15 is 0 Å². The number of hydrogen-bond acceptors (Lipinski definition) is 4. The third-order valence-electron chi connectivity index (χ3n) is 5.09. The Hall–Kier alpha value is -2.30. The van der Waals surface area contributed by atoms with Gasteiger partial charge in [0, 0.05) is 52.3 Å². The van der Waals surface area contributed by atoms with Crippen LogP contribution >= 0.6 is 50.3 Å². The second-order valence-corrected chi connectivity index (χ2v) is 10.0. The topological polar surface area (TPSA) is 61.6 Å². The maximum atomic E-state index is 13.3. The van der Waals surface area contributed by atoms with Crippen LogP contribution in [0.4, 0.5) is 5.69 Å². The van der Waals surface area contributed by atoms with Crippen molar-refractivity contribution in [1.82, 2.24) is 9.88 Å². The van der Waals surface area contributed by atoms with Gasteiger partial charge in [-0.3, -0.25) is 9.69 Å². The summed E-state index contributed by atoms with van der Waals surface area (Å²) in [5, 5.41) is 1.85. The monoisotopic (exact) mass is 617 g/mol. The summed E-state index contributed by atoms with van der Waals surface area (Å²) in [6, 6.07) is 19.8. The fourth-order valence-electron chi connectivity index (χ4n) is 3.54. The number of aromatic amines is 1. The van der Waals surface area contributed by atoms with Crippen molar-refractivity contribution in [3.63, 3.8) is 0 Å². The molecule has 1 saturated heterocycles. The lowest BCUT2D eigenvalue weighted by molar-refractivity contribution is -0.122. The van der Waals surface area contributed by atoms with Crippen LogP contribution in [0.2, 0.25) is 0 Å². The van der Waals surface area contributed by atoms with E-state index in [4.69, 9.17) is 9.41 Å². The van der Waals surface area contributed by atoms with E-state index in [-0.39, 0.29) is 5.91 Å². The van der Waals surface area contributed by atoms with Gasteiger partial charge in [-0.1, -0.05) is 36.4 Å². The number of para-hydroxylation sites is 2. The van der Waals surface area contributed by atoms with Crippen LogP contribution in [0.1, 0.15) is 11.3 Å². The highest BCUT2D eigenvalue weighted by atomic mass is 127. The minimum Gasteiger partial charge on any atom is -0.450 e. The molecule has 0 spiro atoms. The molecule has 32 heavy (non-hydrogen) atoms. The maximum absolute atomic E-state index is 13.3. The summed E-state index contributed by atoms with van der Waals surface area (Å²) < 4.78 is 7.34. The summed E-state index contributed by atoms with van der Waals surface area (Å²) in [6.07, 6.45) is 4.53. The predicted molar refractivity (Wildman–Crippen MR) is 142 cm³/mol. The number of aromatic nitrogens is 1. The van der Waals surface area contributed by atoms with Crippen LogP contribution in [0, 0.1) is 3.77 Å². The number of rotatable bonds is 5. The zero-order valence-corrected chi connectivity index (χ0v) is 21.3. The number of H-pyrrole nitrogens is 1. The summed E-state index contributed by atoms with van der Waals surface area (Å²) >= 11 is 6.94. The molecule has 1 aliphatic rings. The van der Waals surface area contributed by atoms with Crippen LogP contribution in [-0.2, 0) is 11.2 Å². The molecule has 2 aromatic heterocycles. The van der Waals surface area contributed by atoms with Crippen molar-refractivity contribution < 1.29 is 9.21 Å². The first kappa shape index (κ1) is 21.5. The fourth-order valence-corrected chi connectivity index (χ4v) is 5.26. The molecule has 1 fully saturated rings. The summed E-state index contributed by atoms with van der Waals surface area (Å²) in [4.78, 5) is 23.7. The first-order valence-corrected chi connectivity index (χ1v) is 12.6. The van der Waals surface area contributed by atoms with E-state index < -0.39 is 0 Å². The number of carbonyl (C=O) groups excluding carboxylic acids is 1. The molecule has 0 unspecified atom stereocenters. The molecule has 0 atom stereocenters. The average molecular weight is 618 g/mol. The number of aliphatic imine (C=N–C) groups is 1. The molecule has 2 aromatic carbocycles.